The second-order valence-corrected chi connectivity index (χ2v) is 3.92. The molecule has 0 bridgehead atoms. The minimum absolute atomic E-state index is 0.173. The zero-order chi connectivity index (χ0) is 12.3. The summed E-state index contributed by atoms with van der Waals surface area (Å²) in [5.74, 6) is 0.762. The Morgan fingerprint density at radius 2 is 2.24 bits per heavy atom. The van der Waals surface area contributed by atoms with Gasteiger partial charge in [0.15, 0.2) is 0 Å². The number of nitrogens with zero attached hydrogens (tertiary/aromatic N) is 2. The maximum Gasteiger partial charge on any atom is 0.255 e. The lowest BCUT2D eigenvalue weighted by Gasteiger charge is -2.06. The summed E-state index contributed by atoms with van der Waals surface area (Å²) in [7, 11) is 1.61. The molecule has 4 nitrogen and oxygen atoms in total. The zero-order valence-corrected chi connectivity index (χ0v) is 10.0. The van der Waals surface area contributed by atoms with Crippen molar-refractivity contribution < 1.29 is 4.74 Å². The third-order valence-electron chi connectivity index (χ3n) is 2.33. The average Bonchev–Trinajstić information content (AvgIpc) is 2.33. The molecule has 1 aromatic carbocycles. The van der Waals surface area contributed by atoms with E-state index in [1.165, 1.54) is 17.0 Å². The fourth-order valence-electron chi connectivity index (χ4n) is 1.49. The molecular weight excluding hydrogens is 240 g/mol. The van der Waals surface area contributed by atoms with E-state index in [9.17, 15) is 4.79 Å². The Hall–Kier alpha value is -1.81. The summed E-state index contributed by atoms with van der Waals surface area (Å²) in [5, 5.41) is 0.205. The van der Waals surface area contributed by atoms with Crippen LogP contribution in [0.15, 0.2) is 41.5 Å². The van der Waals surface area contributed by atoms with Crippen LogP contribution in [0.3, 0.4) is 0 Å². The largest absolute Gasteiger partial charge is 0.497 e. The molecule has 0 aliphatic carbocycles. The molecule has 88 valence electrons. The Morgan fingerprint density at radius 1 is 1.41 bits per heavy atom. The minimum Gasteiger partial charge on any atom is -0.497 e. The van der Waals surface area contributed by atoms with Crippen LogP contribution in [0, 0.1) is 0 Å². The topological polar surface area (TPSA) is 44.1 Å². The summed E-state index contributed by atoms with van der Waals surface area (Å²) in [4.78, 5) is 15.5. The first-order valence-electron chi connectivity index (χ1n) is 5.04. The highest BCUT2D eigenvalue weighted by molar-refractivity contribution is 6.29. The predicted molar refractivity (Wildman–Crippen MR) is 65.6 cm³/mol. The number of rotatable bonds is 3. The molecule has 2 rings (SSSR count). The van der Waals surface area contributed by atoms with Crippen LogP contribution in [0.4, 0.5) is 0 Å². The highest BCUT2D eigenvalue weighted by Crippen LogP contribution is 2.13. The first kappa shape index (κ1) is 11.7. The van der Waals surface area contributed by atoms with Crippen molar-refractivity contribution in [3.8, 4) is 5.75 Å². The van der Waals surface area contributed by atoms with Gasteiger partial charge in [0.05, 0.1) is 20.0 Å². The molecule has 0 atom stereocenters. The summed E-state index contributed by atoms with van der Waals surface area (Å²) in [6, 6.07) is 8.82. The Labute approximate surface area is 103 Å². The highest BCUT2D eigenvalue weighted by atomic mass is 35.5. The SMILES string of the molecule is COc1cccc(Cn2cnc(Cl)cc2=O)c1. The highest BCUT2D eigenvalue weighted by Gasteiger charge is 2.01. The van der Waals surface area contributed by atoms with E-state index in [-0.39, 0.29) is 10.7 Å². The van der Waals surface area contributed by atoms with Gasteiger partial charge in [-0.25, -0.2) is 4.98 Å². The van der Waals surface area contributed by atoms with Gasteiger partial charge in [0, 0.05) is 6.07 Å². The minimum atomic E-state index is -0.173. The summed E-state index contributed by atoms with van der Waals surface area (Å²) < 4.78 is 6.60. The summed E-state index contributed by atoms with van der Waals surface area (Å²) in [6.07, 6.45) is 1.43. The molecule has 0 aliphatic heterocycles. The normalized spacial score (nSPS) is 10.2. The van der Waals surface area contributed by atoms with E-state index < -0.39 is 0 Å². The Kier molecular flexibility index (Phi) is 3.44. The molecule has 0 aliphatic rings. The number of halogens is 1. The summed E-state index contributed by atoms with van der Waals surface area (Å²) >= 11 is 5.62. The third-order valence-corrected chi connectivity index (χ3v) is 2.54. The van der Waals surface area contributed by atoms with Gasteiger partial charge in [0.1, 0.15) is 10.9 Å². The monoisotopic (exact) mass is 250 g/mol. The molecule has 0 saturated heterocycles. The van der Waals surface area contributed by atoms with Crippen LogP contribution in [0.25, 0.3) is 0 Å². The predicted octanol–water partition coefficient (Wildman–Crippen LogP) is 1.95. The molecule has 0 unspecified atom stereocenters. The molecule has 0 N–H and O–H groups in total. The standard InChI is InChI=1S/C12H11ClN2O2/c1-17-10-4-2-3-9(5-10)7-15-8-14-11(13)6-12(15)16/h2-6,8H,7H2,1H3. The van der Waals surface area contributed by atoms with Crippen molar-refractivity contribution in [2.75, 3.05) is 7.11 Å². The van der Waals surface area contributed by atoms with Crippen molar-refractivity contribution in [3.63, 3.8) is 0 Å². The number of benzene rings is 1. The third kappa shape index (κ3) is 2.85. The van der Waals surface area contributed by atoms with Gasteiger partial charge in [-0.05, 0) is 17.7 Å². The van der Waals surface area contributed by atoms with Gasteiger partial charge >= 0.3 is 0 Å². The van der Waals surface area contributed by atoms with Crippen LogP contribution in [0.2, 0.25) is 5.15 Å². The van der Waals surface area contributed by atoms with Gasteiger partial charge in [-0.15, -0.1) is 0 Å². The van der Waals surface area contributed by atoms with Crippen molar-refractivity contribution in [2.24, 2.45) is 0 Å². The van der Waals surface area contributed by atoms with Crippen molar-refractivity contribution in [3.05, 3.63) is 57.7 Å². The van der Waals surface area contributed by atoms with E-state index in [1.54, 1.807) is 7.11 Å². The van der Waals surface area contributed by atoms with Crippen LogP contribution in [-0.2, 0) is 6.54 Å². The lowest BCUT2D eigenvalue weighted by molar-refractivity contribution is 0.414. The van der Waals surface area contributed by atoms with Crippen molar-refractivity contribution in [1.82, 2.24) is 9.55 Å². The van der Waals surface area contributed by atoms with E-state index in [4.69, 9.17) is 16.3 Å². The Bertz CT molecular complexity index is 581. The first-order chi connectivity index (χ1) is 8.19. The molecule has 0 saturated carbocycles. The lowest BCUT2D eigenvalue weighted by Crippen LogP contribution is -2.19. The number of methoxy groups -OCH3 is 1. The summed E-state index contributed by atoms with van der Waals surface area (Å²) in [5.41, 5.74) is 0.795. The smallest absolute Gasteiger partial charge is 0.255 e. The molecule has 2 aromatic rings. The van der Waals surface area contributed by atoms with E-state index in [0.29, 0.717) is 6.54 Å². The Balaban J connectivity index is 2.28. The van der Waals surface area contributed by atoms with Crippen molar-refractivity contribution in [1.29, 1.82) is 0 Å². The quantitative estimate of drug-likeness (QED) is 0.782. The fourth-order valence-corrected chi connectivity index (χ4v) is 1.63. The molecule has 0 spiro atoms. The van der Waals surface area contributed by atoms with Crippen LogP contribution >= 0.6 is 11.6 Å². The maximum absolute atomic E-state index is 11.6. The van der Waals surface area contributed by atoms with E-state index in [1.807, 2.05) is 24.3 Å². The molecule has 17 heavy (non-hydrogen) atoms. The van der Waals surface area contributed by atoms with Crippen molar-refractivity contribution in [2.45, 2.75) is 6.54 Å². The van der Waals surface area contributed by atoms with Gasteiger partial charge in [-0.2, -0.15) is 0 Å². The van der Waals surface area contributed by atoms with Gasteiger partial charge in [-0.3, -0.25) is 9.36 Å². The second kappa shape index (κ2) is 5.01. The number of hydrogen-bond acceptors (Lipinski definition) is 3. The molecule has 1 heterocycles. The molecular formula is C12H11ClN2O2. The number of ether oxygens (including phenoxy) is 1. The molecule has 0 fully saturated rings. The number of aromatic nitrogens is 2. The lowest BCUT2D eigenvalue weighted by atomic mass is 10.2. The van der Waals surface area contributed by atoms with Gasteiger partial charge < -0.3 is 4.74 Å². The molecule has 5 heteroatoms. The van der Waals surface area contributed by atoms with Gasteiger partial charge in [0.2, 0.25) is 0 Å². The molecule has 0 radical (unpaired) electrons. The second-order valence-electron chi connectivity index (χ2n) is 3.53. The fraction of sp³-hybridized carbons (Fsp3) is 0.167. The van der Waals surface area contributed by atoms with Crippen LogP contribution in [-0.4, -0.2) is 16.7 Å². The first-order valence-corrected chi connectivity index (χ1v) is 5.42. The molecule has 0 amide bonds. The maximum atomic E-state index is 11.6. The van der Waals surface area contributed by atoms with Crippen LogP contribution < -0.4 is 10.3 Å². The van der Waals surface area contributed by atoms with Gasteiger partial charge in [0.25, 0.3) is 5.56 Å². The van der Waals surface area contributed by atoms with E-state index in [0.717, 1.165) is 11.3 Å². The zero-order valence-electron chi connectivity index (χ0n) is 9.26. The average molecular weight is 251 g/mol. The van der Waals surface area contributed by atoms with Gasteiger partial charge in [-0.1, -0.05) is 23.7 Å². The van der Waals surface area contributed by atoms with Crippen LogP contribution in [0.5, 0.6) is 5.75 Å². The van der Waals surface area contributed by atoms with E-state index in [2.05, 4.69) is 4.98 Å². The van der Waals surface area contributed by atoms with Crippen LogP contribution in [0.1, 0.15) is 5.56 Å². The number of hydrogen-bond donors (Lipinski definition) is 0. The molecule has 1 aromatic heterocycles. The van der Waals surface area contributed by atoms with Crippen molar-refractivity contribution >= 4 is 11.6 Å². The summed E-state index contributed by atoms with van der Waals surface area (Å²) in [6.45, 7) is 0.445. The van der Waals surface area contributed by atoms with E-state index >= 15 is 0 Å². The Morgan fingerprint density at radius 3 is 2.94 bits per heavy atom.